The quantitative estimate of drug-likeness (QED) is 0.611. The number of carbonyl (C=O) groups is 1. The lowest BCUT2D eigenvalue weighted by Crippen LogP contribution is -2.22. The third-order valence-corrected chi connectivity index (χ3v) is 3.62. The topological polar surface area (TPSA) is 75.6 Å². The molecule has 0 radical (unpaired) electrons. The number of hydrogen-bond donors (Lipinski definition) is 2. The average molecular weight is 303 g/mol. The van der Waals surface area contributed by atoms with Crippen molar-refractivity contribution in [3.8, 4) is 11.3 Å². The van der Waals surface area contributed by atoms with Gasteiger partial charge in [-0.1, -0.05) is 42.5 Å². The van der Waals surface area contributed by atoms with E-state index >= 15 is 0 Å². The van der Waals surface area contributed by atoms with E-state index in [1.54, 1.807) is 11.0 Å². The molecule has 4 aromatic rings. The predicted molar refractivity (Wildman–Crippen MR) is 87.4 cm³/mol. The van der Waals surface area contributed by atoms with E-state index in [2.05, 4.69) is 20.6 Å². The standard InChI is InChI=1S/C17H13N5O/c23-17(21-22-11-18-14-8-4-5-9-15(14)22)13-10-19-20-16(13)12-6-2-1-3-7-12/h1-11H,(H,19,20)(H,21,23). The Morgan fingerprint density at radius 1 is 1.04 bits per heavy atom. The molecule has 0 saturated carbocycles. The molecule has 23 heavy (non-hydrogen) atoms. The molecule has 0 unspecified atom stereocenters. The van der Waals surface area contributed by atoms with Crippen molar-refractivity contribution in [3.05, 3.63) is 72.7 Å². The lowest BCUT2D eigenvalue weighted by Gasteiger charge is -2.07. The smallest absolute Gasteiger partial charge is 0.273 e. The first kappa shape index (κ1) is 13.3. The molecule has 1 amide bonds. The Labute approximate surface area is 131 Å². The van der Waals surface area contributed by atoms with E-state index in [9.17, 15) is 4.79 Å². The summed E-state index contributed by atoms with van der Waals surface area (Å²) in [4.78, 5) is 16.8. The first-order valence-corrected chi connectivity index (χ1v) is 7.15. The number of para-hydroxylation sites is 2. The number of hydrogen-bond acceptors (Lipinski definition) is 3. The normalized spacial score (nSPS) is 10.8. The fourth-order valence-corrected chi connectivity index (χ4v) is 2.50. The van der Waals surface area contributed by atoms with Crippen molar-refractivity contribution in [2.45, 2.75) is 0 Å². The van der Waals surface area contributed by atoms with E-state index in [0.29, 0.717) is 11.3 Å². The van der Waals surface area contributed by atoms with Gasteiger partial charge in [-0.25, -0.2) is 9.66 Å². The highest BCUT2D eigenvalue weighted by Crippen LogP contribution is 2.21. The summed E-state index contributed by atoms with van der Waals surface area (Å²) in [6.07, 6.45) is 3.11. The Bertz CT molecular complexity index is 971. The number of benzene rings is 2. The molecule has 0 saturated heterocycles. The second-order valence-corrected chi connectivity index (χ2v) is 5.07. The minimum atomic E-state index is -0.249. The summed E-state index contributed by atoms with van der Waals surface area (Å²) in [5.74, 6) is -0.249. The Morgan fingerprint density at radius 3 is 2.70 bits per heavy atom. The molecule has 112 valence electrons. The van der Waals surface area contributed by atoms with Crippen LogP contribution in [0.2, 0.25) is 0 Å². The highest BCUT2D eigenvalue weighted by atomic mass is 16.2. The molecule has 2 aromatic heterocycles. The van der Waals surface area contributed by atoms with Crippen molar-refractivity contribution < 1.29 is 4.79 Å². The second-order valence-electron chi connectivity index (χ2n) is 5.07. The lowest BCUT2D eigenvalue weighted by molar-refractivity contribution is 0.101. The van der Waals surface area contributed by atoms with Gasteiger partial charge in [0.25, 0.3) is 5.91 Å². The minimum absolute atomic E-state index is 0.249. The van der Waals surface area contributed by atoms with E-state index in [-0.39, 0.29) is 5.91 Å². The van der Waals surface area contributed by atoms with Crippen LogP contribution in [0.1, 0.15) is 10.4 Å². The van der Waals surface area contributed by atoms with Crippen LogP contribution in [0.5, 0.6) is 0 Å². The Kier molecular flexibility index (Phi) is 3.12. The maximum atomic E-state index is 12.6. The lowest BCUT2D eigenvalue weighted by atomic mass is 10.1. The summed E-state index contributed by atoms with van der Waals surface area (Å²) in [6.45, 7) is 0. The molecule has 0 aliphatic heterocycles. The number of imidazole rings is 1. The molecule has 6 nitrogen and oxygen atoms in total. The molecule has 0 aliphatic carbocycles. The molecule has 2 aromatic carbocycles. The number of carbonyl (C=O) groups excluding carboxylic acids is 1. The fraction of sp³-hybridized carbons (Fsp3) is 0. The van der Waals surface area contributed by atoms with Gasteiger partial charge in [-0.05, 0) is 12.1 Å². The summed E-state index contributed by atoms with van der Waals surface area (Å²) in [5, 5.41) is 6.88. The number of fused-ring (bicyclic) bond motifs is 1. The Hall–Kier alpha value is -3.41. The van der Waals surface area contributed by atoms with E-state index < -0.39 is 0 Å². The van der Waals surface area contributed by atoms with Crippen LogP contribution in [0.4, 0.5) is 0 Å². The van der Waals surface area contributed by atoms with Gasteiger partial charge in [-0.15, -0.1) is 0 Å². The van der Waals surface area contributed by atoms with Crippen LogP contribution in [0, 0.1) is 0 Å². The molecule has 0 aliphatic rings. The molecule has 0 bridgehead atoms. The predicted octanol–water partition coefficient (Wildman–Crippen LogP) is 2.81. The van der Waals surface area contributed by atoms with Crippen LogP contribution in [0.3, 0.4) is 0 Å². The first-order chi connectivity index (χ1) is 11.3. The molecule has 0 fully saturated rings. The number of nitrogens with one attached hydrogen (secondary N) is 2. The minimum Gasteiger partial charge on any atom is -0.277 e. The van der Waals surface area contributed by atoms with Crippen LogP contribution < -0.4 is 5.43 Å². The van der Waals surface area contributed by atoms with E-state index in [1.807, 2.05) is 54.6 Å². The summed E-state index contributed by atoms with van der Waals surface area (Å²) in [5.41, 5.74) is 6.57. The third kappa shape index (κ3) is 2.36. The number of amides is 1. The van der Waals surface area contributed by atoms with Gasteiger partial charge in [-0.2, -0.15) is 5.10 Å². The van der Waals surface area contributed by atoms with Gasteiger partial charge in [0.05, 0.1) is 28.5 Å². The van der Waals surface area contributed by atoms with Crippen LogP contribution in [-0.4, -0.2) is 25.8 Å². The maximum absolute atomic E-state index is 12.6. The number of aromatic amines is 1. The van der Waals surface area contributed by atoms with Gasteiger partial charge < -0.3 is 0 Å². The molecule has 4 rings (SSSR count). The summed E-state index contributed by atoms with van der Waals surface area (Å²) >= 11 is 0. The summed E-state index contributed by atoms with van der Waals surface area (Å²) in [7, 11) is 0. The molecular formula is C17H13N5O. The fourth-order valence-electron chi connectivity index (χ4n) is 2.50. The SMILES string of the molecule is O=C(Nn1cnc2ccccc21)c1cn[nH]c1-c1ccccc1. The zero-order valence-corrected chi connectivity index (χ0v) is 12.1. The molecule has 6 heteroatoms. The van der Waals surface area contributed by atoms with Gasteiger partial charge in [0.15, 0.2) is 0 Å². The monoisotopic (exact) mass is 303 g/mol. The highest BCUT2D eigenvalue weighted by Gasteiger charge is 2.16. The largest absolute Gasteiger partial charge is 0.277 e. The van der Waals surface area contributed by atoms with Crippen LogP contribution in [0.25, 0.3) is 22.3 Å². The van der Waals surface area contributed by atoms with Gasteiger partial charge in [0.1, 0.15) is 6.33 Å². The van der Waals surface area contributed by atoms with Crippen molar-refractivity contribution in [3.63, 3.8) is 0 Å². The van der Waals surface area contributed by atoms with E-state index in [1.165, 1.54) is 6.20 Å². The van der Waals surface area contributed by atoms with Crippen LogP contribution >= 0.6 is 0 Å². The zero-order valence-electron chi connectivity index (χ0n) is 12.1. The number of aromatic nitrogens is 4. The van der Waals surface area contributed by atoms with Crippen molar-refractivity contribution in [2.24, 2.45) is 0 Å². The van der Waals surface area contributed by atoms with Crippen molar-refractivity contribution in [1.82, 2.24) is 19.9 Å². The van der Waals surface area contributed by atoms with Gasteiger partial charge in [0.2, 0.25) is 0 Å². The second kappa shape index (κ2) is 5.42. The molecule has 2 heterocycles. The zero-order chi connectivity index (χ0) is 15.6. The molecule has 2 N–H and O–H groups in total. The number of H-pyrrole nitrogens is 1. The molecule has 0 spiro atoms. The highest BCUT2D eigenvalue weighted by molar-refractivity contribution is 6.05. The van der Waals surface area contributed by atoms with Crippen molar-refractivity contribution in [1.29, 1.82) is 0 Å². The van der Waals surface area contributed by atoms with Crippen molar-refractivity contribution >= 4 is 16.9 Å². The summed E-state index contributed by atoms with van der Waals surface area (Å²) in [6, 6.07) is 17.2. The van der Waals surface area contributed by atoms with E-state index in [4.69, 9.17) is 0 Å². The Morgan fingerprint density at radius 2 is 1.83 bits per heavy atom. The summed E-state index contributed by atoms with van der Waals surface area (Å²) < 4.78 is 1.61. The number of nitrogens with zero attached hydrogens (tertiary/aromatic N) is 3. The van der Waals surface area contributed by atoms with Gasteiger partial charge in [-0.3, -0.25) is 15.3 Å². The molecule has 0 atom stereocenters. The first-order valence-electron chi connectivity index (χ1n) is 7.15. The molecular weight excluding hydrogens is 290 g/mol. The number of rotatable bonds is 3. The third-order valence-electron chi connectivity index (χ3n) is 3.62. The average Bonchev–Trinajstić information content (AvgIpc) is 3.23. The van der Waals surface area contributed by atoms with Gasteiger partial charge >= 0.3 is 0 Å². The van der Waals surface area contributed by atoms with Crippen LogP contribution in [-0.2, 0) is 0 Å². The van der Waals surface area contributed by atoms with Gasteiger partial charge in [0, 0.05) is 5.56 Å². The maximum Gasteiger partial charge on any atom is 0.273 e. The van der Waals surface area contributed by atoms with Crippen molar-refractivity contribution in [2.75, 3.05) is 5.43 Å². The van der Waals surface area contributed by atoms with Crippen LogP contribution in [0.15, 0.2) is 67.1 Å². The van der Waals surface area contributed by atoms with E-state index in [0.717, 1.165) is 16.6 Å². The Balaban J connectivity index is 1.67.